The second kappa shape index (κ2) is 12.4. The summed E-state index contributed by atoms with van der Waals surface area (Å²) in [6, 6.07) is 20.8. The van der Waals surface area contributed by atoms with Crippen molar-refractivity contribution in [1.29, 1.82) is 0 Å². The fraction of sp³-hybridized carbons (Fsp3) is 0.192. The molecule has 3 aromatic rings. The summed E-state index contributed by atoms with van der Waals surface area (Å²) < 4.78 is 9.70. The second-order valence-corrected chi connectivity index (χ2v) is 7.80. The molecule has 0 aliphatic heterocycles. The molecule has 176 valence electrons. The molecule has 7 nitrogen and oxygen atoms in total. The summed E-state index contributed by atoms with van der Waals surface area (Å²) in [6.07, 6.45) is 0.199. The predicted molar refractivity (Wildman–Crippen MR) is 130 cm³/mol. The molecule has 3 rings (SSSR count). The first kappa shape index (κ1) is 24.8. The van der Waals surface area contributed by atoms with E-state index in [1.807, 2.05) is 18.2 Å². The van der Waals surface area contributed by atoms with Crippen LogP contribution in [-0.4, -0.2) is 24.6 Å². The van der Waals surface area contributed by atoms with Gasteiger partial charge in [-0.15, -0.1) is 0 Å². The maximum absolute atomic E-state index is 12.5. The van der Waals surface area contributed by atoms with Crippen molar-refractivity contribution < 1.29 is 23.9 Å². The number of nitrogens with one attached hydrogen (secondary N) is 2. The minimum absolute atomic E-state index is 0.0606. The highest BCUT2D eigenvalue weighted by molar-refractivity contribution is 6.30. The number of hydrogen-bond donors (Lipinski definition) is 2. The first-order chi connectivity index (χ1) is 16.4. The molecule has 0 fully saturated rings. The molecule has 0 bridgehead atoms. The maximum Gasteiger partial charge on any atom is 0.513 e. The Morgan fingerprint density at radius 3 is 2.35 bits per heavy atom. The van der Waals surface area contributed by atoms with Gasteiger partial charge in [-0.3, -0.25) is 9.59 Å². The largest absolute Gasteiger partial charge is 0.513 e. The summed E-state index contributed by atoms with van der Waals surface area (Å²) in [4.78, 5) is 36.1. The van der Waals surface area contributed by atoms with Gasteiger partial charge in [0.15, 0.2) is 0 Å². The van der Waals surface area contributed by atoms with E-state index in [1.165, 1.54) is 12.1 Å². The fourth-order valence-electron chi connectivity index (χ4n) is 3.08. The van der Waals surface area contributed by atoms with Crippen molar-refractivity contribution in [2.24, 2.45) is 0 Å². The number of anilines is 1. The summed E-state index contributed by atoms with van der Waals surface area (Å²) in [5.41, 5.74) is 2.91. The van der Waals surface area contributed by atoms with E-state index in [4.69, 9.17) is 21.1 Å². The number of halogens is 1. The van der Waals surface area contributed by atoms with Gasteiger partial charge in [-0.2, -0.15) is 0 Å². The highest BCUT2D eigenvalue weighted by Crippen LogP contribution is 2.16. The van der Waals surface area contributed by atoms with Gasteiger partial charge in [-0.1, -0.05) is 35.9 Å². The van der Waals surface area contributed by atoms with Crippen molar-refractivity contribution in [3.63, 3.8) is 0 Å². The van der Waals surface area contributed by atoms with Gasteiger partial charge >= 0.3 is 6.16 Å². The van der Waals surface area contributed by atoms with Crippen molar-refractivity contribution in [2.75, 3.05) is 11.9 Å². The van der Waals surface area contributed by atoms with E-state index in [9.17, 15) is 14.4 Å². The summed E-state index contributed by atoms with van der Waals surface area (Å²) in [5.74, 6) is -0.0925. The monoisotopic (exact) mass is 480 g/mol. The van der Waals surface area contributed by atoms with E-state index in [0.717, 1.165) is 11.1 Å². The van der Waals surface area contributed by atoms with Crippen LogP contribution in [0.25, 0.3) is 0 Å². The van der Waals surface area contributed by atoms with Gasteiger partial charge in [-0.05, 0) is 73.0 Å². The third kappa shape index (κ3) is 7.94. The molecule has 0 radical (unpaired) electrons. The van der Waals surface area contributed by atoms with Gasteiger partial charge in [-0.25, -0.2) is 4.79 Å². The number of carbonyl (C=O) groups is 3. The van der Waals surface area contributed by atoms with E-state index in [1.54, 1.807) is 49.4 Å². The van der Waals surface area contributed by atoms with Gasteiger partial charge in [0.25, 0.3) is 5.91 Å². The average molecular weight is 481 g/mol. The lowest BCUT2D eigenvalue weighted by Crippen LogP contribution is -2.23. The lowest BCUT2D eigenvalue weighted by molar-refractivity contribution is -0.121. The predicted octanol–water partition coefficient (Wildman–Crippen LogP) is 5.38. The van der Waals surface area contributed by atoms with Gasteiger partial charge in [0.1, 0.15) is 5.75 Å². The van der Waals surface area contributed by atoms with Crippen LogP contribution in [0.4, 0.5) is 10.5 Å². The van der Waals surface area contributed by atoms with E-state index >= 15 is 0 Å². The molecule has 0 aliphatic carbocycles. The topological polar surface area (TPSA) is 93.7 Å². The third-order valence-electron chi connectivity index (χ3n) is 4.81. The normalized spacial score (nSPS) is 10.3. The smallest absolute Gasteiger partial charge is 0.434 e. The Morgan fingerprint density at radius 2 is 1.65 bits per heavy atom. The Morgan fingerprint density at radius 1 is 0.912 bits per heavy atom. The number of ether oxygens (including phenoxy) is 2. The van der Waals surface area contributed by atoms with Crippen LogP contribution in [0.1, 0.15) is 34.8 Å². The standard InChI is InChI=1S/C26H25ClN2O5/c1-2-33-26(32)34-23-13-9-20(10-14-23)25(31)29-22-5-3-4-19(16-22)17-28-24(30)15-8-18-6-11-21(27)12-7-18/h3-7,9-14,16H,2,8,15,17H2,1H3,(H,28,30)(H,29,31). The molecule has 0 unspecified atom stereocenters. The SMILES string of the molecule is CCOC(=O)Oc1ccc(C(=O)Nc2cccc(CNC(=O)CCc3ccc(Cl)cc3)c2)cc1. The van der Waals surface area contributed by atoms with Crippen LogP contribution in [0.3, 0.4) is 0 Å². The van der Waals surface area contributed by atoms with Gasteiger partial charge in [0.05, 0.1) is 6.61 Å². The zero-order valence-corrected chi connectivity index (χ0v) is 19.4. The van der Waals surface area contributed by atoms with Crippen LogP contribution in [0.5, 0.6) is 5.75 Å². The van der Waals surface area contributed by atoms with E-state index in [0.29, 0.717) is 35.7 Å². The van der Waals surface area contributed by atoms with Crippen molar-refractivity contribution >= 4 is 35.3 Å². The molecule has 0 atom stereocenters. The number of hydrogen-bond acceptors (Lipinski definition) is 5. The first-order valence-electron chi connectivity index (χ1n) is 10.8. The number of benzene rings is 3. The van der Waals surface area contributed by atoms with Crippen LogP contribution >= 0.6 is 11.6 Å². The summed E-state index contributed by atoms with van der Waals surface area (Å²) in [6.45, 7) is 2.25. The molecule has 0 saturated carbocycles. The van der Waals surface area contributed by atoms with Crippen molar-refractivity contribution in [3.05, 3.63) is 94.5 Å². The van der Waals surface area contributed by atoms with Crippen LogP contribution < -0.4 is 15.4 Å². The number of carbonyl (C=O) groups excluding carboxylic acids is 3. The van der Waals surface area contributed by atoms with Gasteiger partial charge in [0.2, 0.25) is 5.91 Å². The van der Waals surface area contributed by atoms with Crippen molar-refractivity contribution in [2.45, 2.75) is 26.3 Å². The molecule has 3 aromatic carbocycles. The molecule has 0 aromatic heterocycles. The van der Waals surface area contributed by atoms with Gasteiger partial charge < -0.3 is 20.1 Å². The number of rotatable bonds is 9. The molecule has 2 amide bonds. The Bertz CT molecular complexity index is 1130. The maximum atomic E-state index is 12.5. The highest BCUT2D eigenvalue weighted by Gasteiger charge is 2.10. The minimum atomic E-state index is -0.798. The summed E-state index contributed by atoms with van der Waals surface area (Å²) in [5, 5.41) is 6.38. The molecule has 0 spiro atoms. The molecule has 0 saturated heterocycles. The Kier molecular flexibility index (Phi) is 9.05. The fourth-order valence-corrected chi connectivity index (χ4v) is 3.20. The van der Waals surface area contributed by atoms with Crippen molar-refractivity contribution in [3.8, 4) is 5.75 Å². The average Bonchev–Trinajstić information content (AvgIpc) is 2.83. The molecule has 2 N–H and O–H groups in total. The second-order valence-electron chi connectivity index (χ2n) is 7.37. The van der Waals surface area contributed by atoms with Crippen molar-refractivity contribution in [1.82, 2.24) is 5.32 Å². The van der Waals surface area contributed by atoms with Crippen LogP contribution in [0.2, 0.25) is 5.02 Å². The quantitative estimate of drug-likeness (QED) is 0.317. The summed E-state index contributed by atoms with van der Waals surface area (Å²) in [7, 11) is 0. The summed E-state index contributed by atoms with van der Waals surface area (Å²) >= 11 is 5.88. The van der Waals surface area contributed by atoms with E-state index < -0.39 is 6.16 Å². The molecular formula is C26H25ClN2O5. The zero-order chi connectivity index (χ0) is 24.3. The van der Waals surface area contributed by atoms with E-state index in [2.05, 4.69) is 10.6 Å². The van der Waals surface area contributed by atoms with Crippen LogP contribution in [0, 0.1) is 0 Å². The van der Waals surface area contributed by atoms with E-state index in [-0.39, 0.29) is 24.2 Å². The Balaban J connectivity index is 1.48. The number of aryl methyl sites for hydroxylation is 1. The molecule has 0 heterocycles. The van der Waals surface area contributed by atoms with Crippen LogP contribution in [0.15, 0.2) is 72.8 Å². The number of amides is 2. The lowest BCUT2D eigenvalue weighted by atomic mass is 10.1. The Hall–Kier alpha value is -3.84. The van der Waals surface area contributed by atoms with Crippen LogP contribution in [-0.2, 0) is 22.5 Å². The molecule has 8 heteroatoms. The Labute approximate surface area is 203 Å². The third-order valence-corrected chi connectivity index (χ3v) is 5.06. The minimum Gasteiger partial charge on any atom is -0.434 e. The van der Waals surface area contributed by atoms with Gasteiger partial charge in [0, 0.05) is 29.2 Å². The highest BCUT2D eigenvalue weighted by atomic mass is 35.5. The first-order valence-corrected chi connectivity index (χ1v) is 11.2. The molecular weight excluding hydrogens is 456 g/mol. The lowest BCUT2D eigenvalue weighted by Gasteiger charge is -2.10. The zero-order valence-electron chi connectivity index (χ0n) is 18.7. The molecule has 0 aliphatic rings. The molecule has 34 heavy (non-hydrogen) atoms.